The van der Waals surface area contributed by atoms with Crippen LogP contribution >= 0.6 is 0 Å². The molecule has 9 nitrogen and oxygen atoms in total. The molecule has 2 atom stereocenters. The fourth-order valence-electron chi connectivity index (χ4n) is 4.29. The van der Waals surface area contributed by atoms with E-state index in [1.165, 1.54) is 12.1 Å². The minimum absolute atomic E-state index is 0.00454. The normalized spacial score (nSPS) is 12.1. The molecule has 216 valence electrons. The predicted molar refractivity (Wildman–Crippen MR) is 158 cm³/mol. The summed E-state index contributed by atoms with van der Waals surface area (Å²) in [5.74, 6) is 1.35. The quantitative estimate of drug-likeness (QED) is 0.249. The van der Waals surface area contributed by atoms with E-state index in [4.69, 9.17) is 11.2 Å². The fraction of sp³-hybridized carbons (Fsp3) is 0.273. The number of phenolic OH excluding ortho intramolecular Hbond substituents is 1. The van der Waals surface area contributed by atoms with Crippen LogP contribution in [0.1, 0.15) is 49.1 Å². The number of terminal acetylenes is 1. The number of benzene rings is 3. The number of alkyl carbamates (subject to hydrolysis) is 1. The number of ether oxygens (including phenoxy) is 1. The lowest BCUT2D eigenvalue weighted by atomic mass is 9.96. The summed E-state index contributed by atoms with van der Waals surface area (Å²) in [7, 11) is 0. The first kappa shape index (κ1) is 31.3. The van der Waals surface area contributed by atoms with Crippen molar-refractivity contribution in [2.45, 2.75) is 51.4 Å². The van der Waals surface area contributed by atoms with E-state index in [-0.39, 0.29) is 18.7 Å². The summed E-state index contributed by atoms with van der Waals surface area (Å²) < 4.78 is 5.40. The average Bonchev–Trinajstić information content (AvgIpc) is 2.96. The highest BCUT2D eigenvalue weighted by atomic mass is 16.6. The van der Waals surface area contributed by atoms with Gasteiger partial charge in [-0.3, -0.25) is 9.59 Å². The molecule has 3 N–H and O–H groups in total. The predicted octanol–water partition coefficient (Wildman–Crippen LogP) is 4.22. The molecule has 0 fully saturated rings. The molecule has 0 saturated heterocycles. The Morgan fingerprint density at radius 2 is 1.62 bits per heavy atom. The first-order valence-electron chi connectivity index (χ1n) is 13.3. The highest BCUT2D eigenvalue weighted by Gasteiger charge is 2.37. The number of nitriles is 1. The van der Waals surface area contributed by atoms with E-state index < -0.39 is 42.1 Å². The molecular formula is C33H34N4O5. The van der Waals surface area contributed by atoms with Crippen LogP contribution in [0.5, 0.6) is 5.75 Å². The molecule has 3 aromatic carbocycles. The summed E-state index contributed by atoms with van der Waals surface area (Å²) in [6, 6.07) is 21.5. The lowest BCUT2D eigenvalue weighted by molar-refractivity contribution is -0.141. The van der Waals surface area contributed by atoms with Gasteiger partial charge in [-0.05, 0) is 55.7 Å². The van der Waals surface area contributed by atoms with Gasteiger partial charge in [0.2, 0.25) is 11.8 Å². The highest BCUT2D eigenvalue weighted by molar-refractivity contribution is 5.93. The molecule has 0 aliphatic rings. The summed E-state index contributed by atoms with van der Waals surface area (Å²) in [5, 5.41) is 25.0. The molecule has 3 amide bonds. The molecule has 0 heterocycles. The molecule has 0 aromatic heterocycles. The van der Waals surface area contributed by atoms with Crippen molar-refractivity contribution in [2.24, 2.45) is 0 Å². The summed E-state index contributed by atoms with van der Waals surface area (Å²) in [6.07, 6.45) is 4.91. The van der Waals surface area contributed by atoms with E-state index in [9.17, 15) is 24.8 Å². The number of hydrogen-bond acceptors (Lipinski definition) is 6. The summed E-state index contributed by atoms with van der Waals surface area (Å²) in [4.78, 5) is 42.0. The van der Waals surface area contributed by atoms with Crippen LogP contribution in [0.3, 0.4) is 0 Å². The van der Waals surface area contributed by atoms with Crippen LogP contribution in [0.4, 0.5) is 4.79 Å². The molecule has 3 rings (SSSR count). The Balaban J connectivity index is 2.04. The minimum Gasteiger partial charge on any atom is -0.508 e. The van der Waals surface area contributed by atoms with Gasteiger partial charge in [-0.2, -0.15) is 5.26 Å². The maximum atomic E-state index is 14.2. The van der Waals surface area contributed by atoms with Gasteiger partial charge in [-0.25, -0.2) is 4.79 Å². The van der Waals surface area contributed by atoms with Gasteiger partial charge in [0.05, 0.1) is 6.07 Å². The van der Waals surface area contributed by atoms with Crippen molar-refractivity contribution < 1.29 is 24.2 Å². The fourth-order valence-corrected chi connectivity index (χ4v) is 4.29. The summed E-state index contributed by atoms with van der Waals surface area (Å²) in [6.45, 7) is 4.78. The van der Waals surface area contributed by atoms with Gasteiger partial charge in [-0.1, -0.05) is 66.6 Å². The Morgan fingerprint density at radius 1 is 0.976 bits per heavy atom. The number of amides is 3. The second-order valence-corrected chi connectivity index (χ2v) is 10.5. The van der Waals surface area contributed by atoms with Gasteiger partial charge in [0, 0.05) is 18.5 Å². The van der Waals surface area contributed by atoms with Gasteiger partial charge >= 0.3 is 6.09 Å². The maximum Gasteiger partial charge on any atom is 0.408 e. The zero-order valence-corrected chi connectivity index (χ0v) is 23.8. The Bertz CT molecular complexity index is 1470. The van der Waals surface area contributed by atoms with Crippen LogP contribution in [0.25, 0.3) is 0 Å². The van der Waals surface area contributed by atoms with Crippen LogP contribution in [0, 0.1) is 23.7 Å². The monoisotopic (exact) mass is 566 g/mol. The van der Waals surface area contributed by atoms with Crippen molar-refractivity contribution >= 4 is 17.9 Å². The number of carbonyl (C=O) groups is 3. The van der Waals surface area contributed by atoms with Gasteiger partial charge in [0.1, 0.15) is 30.0 Å². The molecule has 9 heteroatoms. The van der Waals surface area contributed by atoms with Gasteiger partial charge in [-0.15, -0.1) is 6.42 Å². The van der Waals surface area contributed by atoms with Gasteiger partial charge in [0.25, 0.3) is 0 Å². The Kier molecular flexibility index (Phi) is 10.7. The molecule has 0 spiro atoms. The third-order valence-electron chi connectivity index (χ3n) is 6.17. The lowest BCUT2D eigenvalue weighted by Gasteiger charge is -2.33. The van der Waals surface area contributed by atoms with Gasteiger partial charge < -0.3 is 25.4 Å². The number of phenols is 1. The first-order chi connectivity index (χ1) is 20.0. The molecular weight excluding hydrogens is 532 g/mol. The number of nitrogens with one attached hydrogen (secondary N) is 2. The number of carbonyl (C=O) groups excluding carboxylic acids is 3. The second-order valence-electron chi connectivity index (χ2n) is 10.5. The first-order valence-corrected chi connectivity index (χ1v) is 13.3. The Morgan fingerprint density at radius 3 is 2.24 bits per heavy atom. The number of hydrogen-bond donors (Lipinski definition) is 3. The molecule has 42 heavy (non-hydrogen) atoms. The Labute approximate surface area is 246 Å². The van der Waals surface area contributed by atoms with Crippen molar-refractivity contribution in [3.63, 3.8) is 0 Å². The van der Waals surface area contributed by atoms with Crippen LogP contribution < -0.4 is 10.6 Å². The molecule has 0 bridgehead atoms. The highest BCUT2D eigenvalue weighted by Crippen LogP contribution is 2.26. The zero-order chi connectivity index (χ0) is 30.7. The van der Waals surface area contributed by atoms with E-state index in [2.05, 4.69) is 16.6 Å². The van der Waals surface area contributed by atoms with Crippen molar-refractivity contribution in [3.8, 4) is 24.2 Å². The van der Waals surface area contributed by atoms with Crippen LogP contribution in [0.15, 0.2) is 78.9 Å². The number of aromatic hydroxyl groups is 1. The summed E-state index contributed by atoms with van der Waals surface area (Å²) in [5.41, 5.74) is 1.35. The lowest BCUT2D eigenvalue weighted by Crippen LogP contribution is -2.54. The van der Waals surface area contributed by atoms with E-state index in [1.54, 1.807) is 57.2 Å². The minimum atomic E-state index is -1.28. The molecule has 3 aromatic rings. The van der Waals surface area contributed by atoms with Crippen LogP contribution in [-0.4, -0.2) is 46.1 Å². The third-order valence-corrected chi connectivity index (χ3v) is 6.17. The van der Waals surface area contributed by atoms with Crippen LogP contribution in [0.2, 0.25) is 0 Å². The molecule has 0 saturated carbocycles. The Hall–Kier alpha value is -5.28. The average molecular weight is 567 g/mol. The molecule has 0 aliphatic heterocycles. The van der Waals surface area contributed by atoms with E-state index in [0.717, 1.165) is 10.5 Å². The standard InChI is InChI=1S/C33H34N4O5/c1-5-25-13-9-10-14-27(25)29(30(39)35-22-24-11-7-6-8-12-24)37(20-19-34)31(40)28(36-32(41)42-33(2,3)4)21-23-15-17-26(38)18-16-23/h1,6-18,28-29,38H,20-22H2,2-4H3,(H,35,39)(H,36,41). The largest absolute Gasteiger partial charge is 0.508 e. The SMILES string of the molecule is C#Cc1ccccc1C(C(=O)NCc1ccccc1)N(CC#N)C(=O)C(Cc1ccc(O)cc1)NC(=O)OC(C)(C)C. The smallest absolute Gasteiger partial charge is 0.408 e. The maximum absolute atomic E-state index is 14.2. The molecule has 2 unspecified atom stereocenters. The molecule has 0 radical (unpaired) electrons. The van der Waals surface area contributed by atoms with Crippen molar-refractivity contribution in [3.05, 3.63) is 101 Å². The number of nitrogens with zero attached hydrogens (tertiary/aromatic N) is 2. The van der Waals surface area contributed by atoms with E-state index in [1.807, 2.05) is 36.4 Å². The van der Waals surface area contributed by atoms with E-state index in [0.29, 0.717) is 16.7 Å². The van der Waals surface area contributed by atoms with Crippen LogP contribution in [-0.2, 0) is 27.3 Å². The molecule has 0 aliphatic carbocycles. The summed E-state index contributed by atoms with van der Waals surface area (Å²) >= 11 is 0. The second kappa shape index (κ2) is 14.4. The third kappa shape index (κ3) is 8.87. The van der Waals surface area contributed by atoms with Crippen molar-refractivity contribution in [2.75, 3.05) is 6.54 Å². The van der Waals surface area contributed by atoms with E-state index >= 15 is 0 Å². The van der Waals surface area contributed by atoms with Gasteiger partial charge in [0.15, 0.2) is 0 Å². The topological polar surface area (TPSA) is 132 Å². The number of rotatable bonds is 10. The van der Waals surface area contributed by atoms with Crippen molar-refractivity contribution in [1.82, 2.24) is 15.5 Å². The van der Waals surface area contributed by atoms with Crippen molar-refractivity contribution in [1.29, 1.82) is 5.26 Å². The zero-order valence-electron chi connectivity index (χ0n) is 23.8.